The van der Waals surface area contributed by atoms with Gasteiger partial charge >= 0.3 is 6.09 Å². The Morgan fingerprint density at radius 2 is 2.09 bits per heavy atom. The molecule has 0 aromatic heterocycles. The lowest BCUT2D eigenvalue weighted by Gasteiger charge is -2.32. The Labute approximate surface area is 131 Å². The van der Waals surface area contributed by atoms with Crippen LogP contribution >= 0.6 is 0 Å². The zero-order valence-corrected chi connectivity index (χ0v) is 13.5. The van der Waals surface area contributed by atoms with Crippen molar-refractivity contribution in [3.63, 3.8) is 0 Å². The SMILES string of the molecule is CCOC(=O)NC1CCCN(S(=O)(=O)Cc2ccccc2)C1. The van der Waals surface area contributed by atoms with Crippen molar-refractivity contribution >= 4 is 16.1 Å². The molecule has 1 N–H and O–H groups in total. The van der Waals surface area contributed by atoms with Crippen molar-refractivity contribution in [2.45, 2.75) is 31.6 Å². The number of rotatable bonds is 5. The summed E-state index contributed by atoms with van der Waals surface area (Å²) in [4.78, 5) is 11.5. The Balaban J connectivity index is 1.97. The number of amides is 1. The molecular formula is C15H22N2O4S. The molecule has 1 aromatic carbocycles. The maximum absolute atomic E-state index is 12.5. The quantitative estimate of drug-likeness (QED) is 0.894. The summed E-state index contributed by atoms with van der Waals surface area (Å²) in [6.07, 6.45) is 0.996. The summed E-state index contributed by atoms with van der Waals surface area (Å²) >= 11 is 0. The van der Waals surface area contributed by atoms with Crippen molar-refractivity contribution in [2.24, 2.45) is 0 Å². The third kappa shape index (κ3) is 4.71. The molecule has 0 saturated carbocycles. The minimum atomic E-state index is -3.38. The molecule has 1 atom stereocenters. The molecule has 0 radical (unpaired) electrons. The third-order valence-corrected chi connectivity index (χ3v) is 5.38. The molecule has 122 valence electrons. The third-order valence-electron chi connectivity index (χ3n) is 3.57. The first-order valence-corrected chi connectivity index (χ1v) is 9.07. The Morgan fingerprint density at radius 1 is 1.36 bits per heavy atom. The molecule has 22 heavy (non-hydrogen) atoms. The van der Waals surface area contributed by atoms with Gasteiger partial charge in [0.25, 0.3) is 0 Å². The largest absolute Gasteiger partial charge is 0.450 e. The summed E-state index contributed by atoms with van der Waals surface area (Å²) in [6, 6.07) is 8.92. The van der Waals surface area contributed by atoms with Gasteiger partial charge in [-0.15, -0.1) is 0 Å². The fourth-order valence-electron chi connectivity index (χ4n) is 2.53. The number of piperidine rings is 1. The molecule has 1 aromatic rings. The lowest BCUT2D eigenvalue weighted by molar-refractivity contribution is 0.142. The molecule has 0 bridgehead atoms. The zero-order chi connectivity index (χ0) is 16.0. The van der Waals surface area contributed by atoms with Gasteiger partial charge in [-0.05, 0) is 25.3 Å². The molecule has 1 aliphatic rings. The van der Waals surface area contributed by atoms with Crippen LogP contribution in [0.4, 0.5) is 4.79 Å². The van der Waals surface area contributed by atoms with E-state index in [9.17, 15) is 13.2 Å². The topological polar surface area (TPSA) is 75.7 Å². The summed E-state index contributed by atoms with van der Waals surface area (Å²) in [7, 11) is -3.38. The molecule has 6 nitrogen and oxygen atoms in total. The second kappa shape index (κ2) is 7.60. The van der Waals surface area contributed by atoms with Gasteiger partial charge in [0.1, 0.15) is 0 Å². The van der Waals surface area contributed by atoms with Crippen LogP contribution in [0.2, 0.25) is 0 Å². The first kappa shape index (κ1) is 16.8. The molecule has 1 unspecified atom stereocenters. The average molecular weight is 326 g/mol. The predicted octanol–water partition coefficient (Wildman–Crippen LogP) is 1.73. The fourth-order valence-corrected chi connectivity index (χ4v) is 4.14. The lowest BCUT2D eigenvalue weighted by atomic mass is 10.1. The Hall–Kier alpha value is -1.60. The summed E-state index contributed by atoms with van der Waals surface area (Å²) < 4.78 is 31.3. The van der Waals surface area contributed by atoms with Crippen LogP contribution in [0.1, 0.15) is 25.3 Å². The smallest absolute Gasteiger partial charge is 0.407 e. The Kier molecular flexibility index (Phi) is 5.79. The van der Waals surface area contributed by atoms with Gasteiger partial charge in [-0.2, -0.15) is 4.31 Å². The van der Waals surface area contributed by atoms with E-state index in [-0.39, 0.29) is 11.8 Å². The van der Waals surface area contributed by atoms with Gasteiger partial charge in [-0.3, -0.25) is 0 Å². The molecule has 2 rings (SSSR count). The van der Waals surface area contributed by atoms with Crippen molar-refractivity contribution < 1.29 is 17.9 Å². The molecule has 1 saturated heterocycles. The number of nitrogens with one attached hydrogen (secondary N) is 1. The highest BCUT2D eigenvalue weighted by atomic mass is 32.2. The highest BCUT2D eigenvalue weighted by Crippen LogP contribution is 2.17. The number of benzene rings is 1. The monoisotopic (exact) mass is 326 g/mol. The predicted molar refractivity (Wildman–Crippen MR) is 83.8 cm³/mol. The lowest BCUT2D eigenvalue weighted by Crippen LogP contribution is -2.49. The van der Waals surface area contributed by atoms with E-state index in [2.05, 4.69) is 5.32 Å². The van der Waals surface area contributed by atoms with E-state index in [0.717, 1.165) is 18.4 Å². The Bertz CT molecular complexity index is 589. The number of ether oxygens (including phenoxy) is 1. The van der Waals surface area contributed by atoms with Crippen LogP contribution < -0.4 is 5.32 Å². The number of hydrogen-bond donors (Lipinski definition) is 1. The van der Waals surface area contributed by atoms with Gasteiger partial charge in [-0.25, -0.2) is 13.2 Å². The van der Waals surface area contributed by atoms with Gasteiger partial charge in [0.2, 0.25) is 10.0 Å². The van der Waals surface area contributed by atoms with Crippen molar-refractivity contribution in [2.75, 3.05) is 19.7 Å². The van der Waals surface area contributed by atoms with E-state index < -0.39 is 16.1 Å². The normalized spacial score (nSPS) is 19.6. The summed E-state index contributed by atoms with van der Waals surface area (Å²) in [5.41, 5.74) is 0.767. The van der Waals surface area contributed by atoms with E-state index in [4.69, 9.17) is 4.74 Å². The number of carbonyl (C=O) groups is 1. The van der Waals surface area contributed by atoms with E-state index in [0.29, 0.717) is 19.7 Å². The van der Waals surface area contributed by atoms with E-state index >= 15 is 0 Å². The molecule has 0 spiro atoms. The zero-order valence-electron chi connectivity index (χ0n) is 12.7. The van der Waals surface area contributed by atoms with Gasteiger partial charge in [-0.1, -0.05) is 30.3 Å². The Morgan fingerprint density at radius 3 is 2.77 bits per heavy atom. The first-order valence-electron chi connectivity index (χ1n) is 7.46. The minimum Gasteiger partial charge on any atom is -0.450 e. The molecule has 0 aliphatic carbocycles. The van der Waals surface area contributed by atoms with Crippen molar-refractivity contribution in [3.8, 4) is 0 Å². The van der Waals surface area contributed by atoms with Crippen molar-refractivity contribution in [1.82, 2.24) is 9.62 Å². The van der Waals surface area contributed by atoms with E-state index in [1.807, 2.05) is 18.2 Å². The van der Waals surface area contributed by atoms with Gasteiger partial charge in [0, 0.05) is 19.1 Å². The maximum atomic E-state index is 12.5. The first-order chi connectivity index (χ1) is 10.5. The number of alkyl carbamates (subject to hydrolysis) is 1. The second-order valence-electron chi connectivity index (χ2n) is 5.30. The van der Waals surface area contributed by atoms with E-state index in [1.165, 1.54) is 4.31 Å². The second-order valence-corrected chi connectivity index (χ2v) is 7.27. The van der Waals surface area contributed by atoms with E-state index in [1.54, 1.807) is 19.1 Å². The van der Waals surface area contributed by atoms with Crippen molar-refractivity contribution in [1.29, 1.82) is 0 Å². The van der Waals surface area contributed by atoms with Crippen molar-refractivity contribution in [3.05, 3.63) is 35.9 Å². The summed E-state index contributed by atoms with van der Waals surface area (Å²) in [5, 5.41) is 2.72. The van der Waals surface area contributed by atoms with Crippen LogP contribution in [0, 0.1) is 0 Å². The molecular weight excluding hydrogens is 304 g/mol. The highest BCUT2D eigenvalue weighted by Gasteiger charge is 2.29. The summed E-state index contributed by atoms with van der Waals surface area (Å²) in [5.74, 6) is -0.0139. The highest BCUT2D eigenvalue weighted by molar-refractivity contribution is 7.88. The van der Waals surface area contributed by atoms with Crippen LogP contribution in [0.25, 0.3) is 0 Å². The fraction of sp³-hybridized carbons (Fsp3) is 0.533. The van der Waals surface area contributed by atoms with Crippen LogP contribution in [0.15, 0.2) is 30.3 Å². The summed E-state index contributed by atoms with van der Waals surface area (Å²) in [6.45, 7) is 2.83. The maximum Gasteiger partial charge on any atom is 0.407 e. The molecule has 1 aliphatic heterocycles. The van der Waals surface area contributed by atoms with Crippen LogP contribution in [0.5, 0.6) is 0 Å². The molecule has 1 fully saturated rings. The molecule has 1 heterocycles. The molecule has 7 heteroatoms. The number of sulfonamides is 1. The average Bonchev–Trinajstić information content (AvgIpc) is 2.48. The standard InChI is InChI=1S/C15H22N2O4S/c1-2-21-15(18)16-14-9-6-10-17(11-14)22(19,20)12-13-7-4-3-5-8-13/h3-5,7-8,14H,2,6,9-12H2,1H3,(H,16,18). The molecule has 1 amide bonds. The number of nitrogens with zero attached hydrogens (tertiary/aromatic N) is 1. The minimum absolute atomic E-state index is 0.0139. The number of hydrogen-bond acceptors (Lipinski definition) is 4. The van der Waals surface area contributed by atoms with Crippen LogP contribution in [-0.4, -0.2) is 44.6 Å². The van der Waals surface area contributed by atoms with Gasteiger partial charge < -0.3 is 10.1 Å². The van der Waals surface area contributed by atoms with Gasteiger partial charge in [0.15, 0.2) is 0 Å². The van der Waals surface area contributed by atoms with Crippen LogP contribution in [0.3, 0.4) is 0 Å². The number of carbonyl (C=O) groups excluding carboxylic acids is 1. The van der Waals surface area contributed by atoms with Crippen LogP contribution in [-0.2, 0) is 20.5 Å². The van der Waals surface area contributed by atoms with Gasteiger partial charge in [0.05, 0.1) is 12.4 Å².